The van der Waals surface area contributed by atoms with Gasteiger partial charge in [-0.05, 0) is 53.4 Å². The van der Waals surface area contributed by atoms with Crippen LogP contribution in [0.1, 0.15) is 79.6 Å². The lowest BCUT2D eigenvalue weighted by Gasteiger charge is -2.57. The quantitative estimate of drug-likeness (QED) is 0.750. The summed E-state index contributed by atoms with van der Waals surface area (Å²) in [6.45, 7) is 10.2. The molecule has 0 N–H and O–H groups in total. The Morgan fingerprint density at radius 1 is 1.00 bits per heavy atom. The van der Waals surface area contributed by atoms with Crippen LogP contribution in [0.3, 0.4) is 0 Å². The number of likely N-dealkylation sites (tertiary alicyclic amines) is 1. The maximum atomic E-state index is 12.1. The van der Waals surface area contributed by atoms with Crippen molar-refractivity contribution in [2.75, 3.05) is 0 Å². The first-order valence-electron chi connectivity index (χ1n) is 8.73. The Hall–Kier alpha value is -1.06. The maximum Gasteiger partial charge on any atom is 0.220 e. The second-order valence-corrected chi connectivity index (χ2v) is 8.39. The zero-order valence-corrected chi connectivity index (χ0v) is 14.9. The molecule has 1 saturated carbocycles. The van der Waals surface area contributed by atoms with Gasteiger partial charge in [0.2, 0.25) is 12.3 Å². The van der Waals surface area contributed by atoms with Crippen LogP contribution in [0.2, 0.25) is 0 Å². The normalized spacial score (nSPS) is 25.8. The number of piperidine rings is 1. The molecule has 22 heavy (non-hydrogen) atoms. The summed E-state index contributed by atoms with van der Waals surface area (Å²) in [6, 6.07) is 0.632. The average molecular weight is 308 g/mol. The first kappa shape index (κ1) is 17.3. The number of nitrogens with zero attached hydrogens (tertiary/aromatic N) is 2. The number of hydrogen-bond donors (Lipinski definition) is 0. The molecule has 1 saturated heterocycles. The average Bonchev–Trinajstić information content (AvgIpc) is 2.37. The van der Waals surface area contributed by atoms with Crippen molar-refractivity contribution < 1.29 is 9.59 Å². The van der Waals surface area contributed by atoms with Crippen molar-refractivity contribution in [3.05, 3.63) is 0 Å². The molecule has 2 aliphatic rings. The van der Waals surface area contributed by atoms with Crippen molar-refractivity contribution in [3.63, 3.8) is 0 Å². The number of amides is 2. The third kappa shape index (κ3) is 3.31. The molecule has 0 unspecified atom stereocenters. The van der Waals surface area contributed by atoms with Crippen molar-refractivity contribution in [2.24, 2.45) is 0 Å². The first-order valence-corrected chi connectivity index (χ1v) is 8.73. The number of carbonyl (C=O) groups excluding carboxylic acids is 2. The summed E-state index contributed by atoms with van der Waals surface area (Å²) in [5.74, 6) is 0.128. The smallest absolute Gasteiger partial charge is 0.220 e. The molecule has 2 fully saturated rings. The topological polar surface area (TPSA) is 40.6 Å². The van der Waals surface area contributed by atoms with Gasteiger partial charge >= 0.3 is 0 Å². The van der Waals surface area contributed by atoms with Crippen LogP contribution in [-0.2, 0) is 9.59 Å². The van der Waals surface area contributed by atoms with Crippen LogP contribution in [0.25, 0.3) is 0 Å². The van der Waals surface area contributed by atoms with Crippen LogP contribution >= 0.6 is 0 Å². The lowest BCUT2D eigenvalue weighted by atomic mass is 9.75. The van der Waals surface area contributed by atoms with E-state index in [1.807, 2.05) is 4.90 Å². The van der Waals surface area contributed by atoms with Crippen molar-refractivity contribution in [3.8, 4) is 0 Å². The second-order valence-electron chi connectivity index (χ2n) is 8.39. The predicted molar refractivity (Wildman–Crippen MR) is 88.5 cm³/mol. The SMILES string of the molecule is CC(=O)N1C(C)(C)CC(N(C=O)C2CCCCC2)CC1(C)C. The highest BCUT2D eigenvalue weighted by Crippen LogP contribution is 2.41. The molecule has 126 valence electrons. The maximum absolute atomic E-state index is 12.1. The Labute approximate surface area is 135 Å². The lowest BCUT2D eigenvalue weighted by Crippen LogP contribution is -2.66. The van der Waals surface area contributed by atoms with Gasteiger partial charge in [-0.25, -0.2) is 0 Å². The summed E-state index contributed by atoms with van der Waals surface area (Å²) in [5, 5.41) is 0. The van der Waals surface area contributed by atoms with Gasteiger partial charge < -0.3 is 9.80 Å². The summed E-state index contributed by atoms with van der Waals surface area (Å²) < 4.78 is 0. The molecule has 2 rings (SSSR count). The molecular weight excluding hydrogens is 276 g/mol. The van der Waals surface area contributed by atoms with Crippen LogP contribution in [-0.4, -0.2) is 45.3 Å². The molecule has 0 bridgehead atoms. The molecule has 0 aromatic rings. The van der Waals surface area contributed by atoms with Gasteiger partial charge in [0.05, 0.1) is 0 Å². The summed E-state index contributed by atoms with van der Waals surface area (Å²) in [4.78, 5) is 28.0. The van der Waals surface area contributed by atoms with Crippen molar-refractivity contribution in [2.45, 2.75) is 103 Å². The Balaban J connectivity index is 2.22. The molecule has 1 aliphatic heterocycles. The summed E-state index contributed by atoms with van der Waals surface area (Å²) in [6.07, 6.45) is 8.82. The van der Waals surface area contributed by atoms with Crippen molar-refractivity contribution in [1.29, 1.82) is 0 Å². The van der Waals surface area contributed by atoms with Gasteiger partial charge in [-0.3, -0.25) is 9.59 Å². The van der Waals surface area contributed by atoms with E-state index in [0.29, 0.717) is 6.04 Å². The summed E-state index contributed by atoms with van der Waals surface area (Å²) in [5.41, 5.74) is -0.428. The summed E-state index contributed by atoms with van der Waals surface area (Å²) in [7, 11) is 0. The number of hydrogen-bond acceptors (Lipinski definition) is 2. The fourth-order valence-corrected chi connectivity index (χ4v) is 5.14. The van der Waals surface area contributed by atoms with E-state index in [0.717, 1.165) is 32.1 Å². The van der Waals surface area contributed by atoms with Crippen LogP contribution in [0.5, 0.6) is 0 Å². The standard InChI is InChI=1S/C18H32N2O2/c1-14(22)20-17(2,3)11-16(12-18(20,4)5)19(13-21)15-9-7-6-8-10-15/h13,15-16H,6-12H2,1-5H3. The Morgan fingerprint density at radius 3 is 1.91 bits per heavy atom. The Morgan fingerprint density at radius 2 is 1.50 bits per heavy atom. The molecule has 1 heterocycles. The second kappa shape index (κ2) is 6.21. The fraction of sp³-hybridized carbons (Fsp3) is 0.889. The minimum Gasteiger partial charge on any atom is -0.339 e. The van der Waals surface area contributed by atoms with E-state index >= 15 is 0 Å². The van der Waals surface area contributed by atoms with Crippen LogP contribution in [0, 0.1) is 0 Å². The van der Waals surface area contributed by atoms with Crippen LogP contribution < -0.4 is 0 Å². The van der Waals surface area contributed by atoms with E-state index in [4.69, 9.17) is 0 Å². The van der Waals surface area contributed by atoms with Crippen LogP contribution in [0.4, 0.5) is 0 Å². The zero-order chi connectivity index (χ0) is 16.5. The third-order valence-electron chi connectivity index (χ3n) is 5.54. The highest BCUT2D eigenvalue weighted by atomic mass is 16.2. The van der Waals surface area contributed by atoms with Gasteiger partial charge in [0.1, 0.15) is 0 Å². The molecule has 4 nitrogen and oxygen atoms in total. The fourth-order valence-electron chi connectivity index (χ4n) is 5.14. The third-order valence-corrected chi connectivity index (χ3v) is 5.54. The largest absolute Gasteiger partial charge is 0.339 e. The van der Waals surface area contributed by atoms with Crippen molar-refractivity contribution >= 4 is 12.3 Å². The van der Waals surface area contributed by atoms with Gasteiger partial charge in [0.25, 0.3) is 0 Å². The van der Waals surface area contributed by atoms with Crippen LogP contribution in [0.15, 0.2) is 0 Å². The van der Waals surface area contributed by atoms with Gasteiger partial charge in [-0.15, -0.1) is 0 Å². The van der Waals surface area contributed by atoms with Gasteiger partial charge in [-0.2, -0.15) is 0 Å². The minimum atomic E-state index is -0.214. The zero-order valence-electron chi connectivity index (χ0n) is 14.9. The van der Waals surface area contributed by atoms with E-state index in [1.165, 1.54) is 19.3 Å². The molecule has 0 aromatic carbocycles. The number of carbonyl (C=O) groups is 2. The van der Waals surface area contributed by atoms with E-state index in [1.54, 1.807) is 6.92 Å². The van der Waals surface area contributed by atoms with Gasteiger partial charge in [-0.1, -0.05) is 19.3 Å². The van der Waals surface area contributed by atoms with E-state index in [9.17, 15) is 9.59 Å². The monoisotopic (exact) mass is 308 g/mol. The molecule has 4 heteroatoms. The molecule has 1 aliphatic carbocycles. The minimum absolute atomic E-state index is 0.128. The van der Waals surface area contributed by atoms with Gasteiger partial charge in [0, 0.05) is 30.1 Å². The van der Waals surface area contributed by atoms with E-state index < -0.39 is 0 Å². The predicted octanol–water partition coefficient (Wildman–Crippen LogP) is 3.35. The van der Waals surface area contributed by atoms with Crippen molar-refractivity contribution in [1.82, 2.24) is 9.80 Å². The highest BCUT2D eigenvalue weighted by molar-refractivity contribution is 5.75. The van der Waals surface area contributed by atoms with E-state index in [2.05, 4.69) is 32.6 Å². The summed E-state index contributed by atoms with van der Waals surface area (Å²) >= 11 is 0. The lowest BCUT2D eigenvalue weighted by molar-refractivity contribution is -0.152. The van der Waals surface area contributed by atoms with Gasteiger partial charge in [0.15, 0.2) is 0 Å². The molecule has 0 aromatic heterocycles. The molecule has 0 spiro atoms. The Bertz CT molecular complexity index is 407. The number of rotatable bonds is 3. The Kier molecular flexibility index (Phi) is 4.88. The molecular formula is C18H32N2O2. The molecule has 0 atom stereocenters. The van der Waals surface area contributed by atoms with E-state index in [-0.39, 0.29) is 23.0 Å². The highest BCUT2D eigenvalue weighted by Gasteiger charge is 2.48. The molecule has 2 amide bonds. The molecule has 0 radical (unpaired) electrons. The first-order chi connectivity index (χ1) is 10.2.